The van der Waals surface area contributed by atoms with Crippen molar-refractivity contribution in [2.24, 2.45) is 11.8 Å². The Labute approximate surface area is 142 Å². The van der Waals surface area contributed by atoms with Gasteiger partial charge in [0.15, 0.2) is 0 Å². The molecule has 1 N–H and O–H groups in total. The van der Waals surface area contributed by atoms with Gasteiger partial charge in [-0.1, -0.05) is 19.8 Å². The lowest BCUT2D eigenvalue weighted by Gasteiger charge is -2.38. The van der Waals surface area contributed by atoms with Crippen LogP contribution in [-0.2, 0) is 6.54 Å². The quantitative estimate of drug-likeness (QED) is 0.742. The Morgan fingerprint density at radius 2 is 2.24 bits per heavy atom. The van der Waals surface area contributed by atoms with E-state index in [9.17, 15) is 0 Å². The molecule has 4 heteroatoms. The minimum atomic E-state index is 0.703. The van der Waals surface area contributed by atoms with Crippen LogP contribution in [0.3, 0.4) is 0 Å². The fraction of sp³-hybridized carbons (Fsp3) is 0.765. The standard InChI is InChI=1S/C17H29BrN2S/c1-4-5-13-6-7-16(19-2)15(8-13)11-20(3)10-14-9-17(18)21-12-14/h9,12-13,15-16,19H,4-8,10-11H2,1-3H3. The number of rotatable bonds is 7. The zero-order chi connectivity index (χ0) is 15.2. The Kier molecular flexibility index (Phi) is 7.20. The van der Waals surface area contributed by atoms with Crippen molar-refractivity contribution in [2.75, 3.05) is 20.6 Å². The Hall–Kier alpha value is 0.100. The molecule has 2 nitrogen and oxygen atoms in total. The molecule has 0 spiro atoms. The Balaban J connectivity index is 1.88. The highest BCUT2D eigenvalue weighted by Crippen LogP contribution is 2.33. The molecule has 0 aliphatic heterocycles. The second kappa shape index (κ2) is 8.66. The van der Waals surface area contributed by atoms with Crippen LogP contribution in [0.5, 0.6) is 0 Å². The molecule has 1 aliphatic rings. The normalized spacial score (nSPS) is 26.4. The van der Waals surface area contributed by atoms with Crippen molar-refractivity contribution in [3.63, 3.8) is 0 Å². The van der Waals surface area contributed by atoms with Crippen LogP contribution in [-0.4, -0.2) is 31.6 Å². The first-order valence-corrected chi connectivity index (χ1v) is 9.88. The molecular formula is C17H29BrN2S. The van der Waals surface area contributed by atoms with Crippen molar-refractivity contribution in [1.29, 1.82) is 0 Å². The average molecular weight is 373 g/mol. The Morgan fingerprint density at radius 3 is 2.86 bits per heavy atom. The van der Waals surface area contributed by atoms with Crippen LogP contribution >= 0.6 is 27.3 Å². The van der Waals surface area contributed by atoms with Gasteiger partial charge in [0.25, 0.3) is 0 Å². The molecule has 0 saturated heterocycles. The van der Waals surface area contributed by atoms with Crippen LogP contribution in [0.15, 0.2) is 15.2 Å². The Bertz CT molecular complexity index is 421. The number of hydrogen-bond acceptors (Lipinski definition) is 3. The summed E-state index contributed by atoms with van der Waals surface area (Å²) in [5.74, 6) is 1.75. The van der Waals surface area contributed by atoms with Gasteiger partial charge in [0, 0.05) is 19.1 Å². The fourth-order valence-electron chi connectivity index (χ4n) is 3.82. The maximum Gasteiger partial charge on any atom is 0.0701 e. The van der Waals surface area contributed by atoms with Crippen molar-refractivity contribution in [3.05, 3.63) is 20.8 Å². The summed E-state index contributed by atoms with van der Waals surface area (Å²) >= 11 is 5.34. The molecule has 120 valence electrons. The molecule has 0 amide bonds. The number of halogens is 1. The van der Waals surface area contributed by atoms with Crippen LogP contribution in [0.25, 0.3) is 0 Å². The maximum atomic E-state index is 3.56. The van der Waals surface area contributed by atoms with Crippen LogP contribution in [0.2, 0.25) is 0 Å². The number of thiophene rings is 1. The van der Waals surface area contributed by atoms with Crippen LogP contribution in [0, 0.1) is 11.8 Å². The van der Waals surface area contributed by atoms with E-state index in [1.165, 1.54) is 48.0 Å². The first-order valence-electron chi connectivity index (χ1n) is 8.21. The summed E-state index contributed by atoms with van der Waals surface area (Å²) in [5, 5.41) is 5.82. The van der Waals surface area contributed by atoms with Crippen molar-refractivity contribution < 1.29 is 0 Å². The topological polar surface area (TPSA) is 15.3 Å². The molecule has 1 heterocycles. The molecule has 0 radical (unpaired) electrons. The third-order valence-electron chi connectivity index (χ3n) is 4.78. The summed E-state index contributed by atoms with van der Waals surface area (Å²) in [6.07, 6.45) is 6.91. The van der Waals surface area contributed by atoms with Crippen molar-refractivity contribution >= 4 is 27.3 Å². The summed E-state index contributed by atoms with van der Waals surface area (Å²) in [6.45, 7) is 4.59. The summed E-state index contributed by atoms with van der Waals surface area (Å²) in [7, 11) is 4.40. The largest absolute Gasteiger partial charge is 0.317 e. The van der Waals surface area contributed by atoms with E-state index in [4.69, 9.17) is 0 Å². The van der Waals surface area contributed by atoms with Gasteiger partial charge in [-0.15, -0.1) is 11.3 Å². The number of hydrogen-bond donors (Lipinski definition) is 1. The molecule has 1 aromatic rings. The predicted molar refractivity (Wildman–Crippen MR) is 96.9 cm³/mol. The van der Waals surface area contributed by atoms with Crippen molar-refractivity contribution in [3.8, 4) is 0 Å². The lowest BCUT2D eigenvalue weighted by atomic mass is 9.76. The van der Waals surface area contributed by atoms with E-state index in [0.29, 0.717) is 6.04 Å². The number of nitrogens with one attached hydrogen (secondary N) is 1. The molecular weight excluding hydrogens is 344 g/mol. The molecule has 0 aromatic carbocycles. The van der Waals surface area contributed by atoms with E-state index >= 15 is 0 Å². The molecule has 3 atom stereocenters. The van der Waals surface area contributed by atoms with E-state index in [0.717, 1.165) is 18.4 Å². The van der Waals surface area contributed by atoms with Crippen molar-refractivity contribution in [1.82, 2.24) is 10.2 Å². The summed E-state index contributed by atoms with van der Waals surface area (Å²) in [6, 6.07) is 2.95. The molecule has 2 rings (SSSR count). The van der Waals surface area contributed by atoms with Gasteiger partial charge in [-0.25, -0.2) is 0 Å². The second-order valence-electron chi connectivity index (χ2n) is 6.58. The molecule has 21 heavy (non-hydrogen) atoms. The van der Waals surface area contributed by atoms with Gasteiger partial charge in [-0.3, -0.25) is 0 Å². The lowest BCUT2D eigenvalue weighted by molar-refractivity contribution is 0.151. The molecule has 1 aromatic heterocycles. The van der Waals surface area contributed by atoms with Gasteiger partial charge in [0.1, 0.15) is 0 Å². The maximum absolute atomic E-state index is 3.56. The van der Waals surface area contributed by atoms with Gasteiger partial charge in [0.05, 0.1) is 3.79 Å². The summed E-state index contributed by atoms with van der Waals surface area (Å²) < 4.78 is 1.24. The van der Waals surface area contributed by atoms with E-state index in [1.807, 2.05) is 0 Å². The van der Waals surface area contributed by atoms with E-state index in [1.54, 1.807) is 11.3 Å². The van der Waals surface area contributed by atoms with Gasteiger partial charge < -0.3 is 10.2 Å². The highest BCUT2D eigenvalue weighted by Gasteiger charge is 2.29. The zero-order valence-corrected chi connectivity index (χ0v) is 16.0. The van der Waals surface area contributed by atoms with Gasteiger partial charge in [-0.05, 0) is 78.1 Å². The molecule has 1 fully saturated rings. The van der Waals surface area contributed by atoms with E-state index < -0.39 is 0 Å². The fourth-order valence-corrected chi connectivity index (χ4v) is 5.02. The smallest absolute Gasteiger partial charge is 0.0701 e. The third-order valence-corrected chi connectivity index (χ3v) is 6.33. The summed E-state index contributed by atoms with van der Waals surface area (Å²) in [5.41, 5.74) is 1.43. The van der Waals surface area contributed by atoms with Gasteiger partial charge in [-0.2, -0.15) is 0 Å². The monoisotopic (exact) mass is 372 g/mol. The Morgan fingerprint density at radius 1 is 1.43 bits per heavy atom. The second-order valence-corrected chi connectivity index (χ2v) is 8.87. The SMILES string of the molecule is CCCC1CCC(NC)C(CN(C)Cc2csc(Br)c2)C1. The average Bonchev–Trinajstić information content (AvgIpc) is 2.84. The van der Waals surface area contributed by atoms with Crippen LogP contribution < -0.4 is 5.32 Å². The van der Waals surface area contributed by atoms with E-state index in [2.05, 4.69) is 58.6 Å². The lowest BCUT2D eigenvalue weighted by Crippen LogP contribution is -2.43. The molecule has 1 aliphatic carbocycles. The minimum Gasteiger partial charge on any atom is -0.317 e. The summed E-state index contributed by atoms with van der Waals surface area (Å²) in [4.78, 5) is 2.50. The van der Waals surface area contributed by atoms with Crippen LogP contribution in [0.1, 0.15) is 44.6 Å². The minimum absolute atomic E-state index is 0.703. The number of nitrogens with zero attached hydrogens (tertiary/aromatic N) is 1. The third kappa shape index (κ3) is 5.34. The first kappa shape index (κ1) is 17.5. The van der Waals surface area contributed by atoms with Gasteiger partial charge in [0.2, 0.25) is 0 Å². The van der Waals surface area contributed by atoms with E-state index in [-0.39, 0.29) is 0 Å². The van der Waals surface area contributed by atoms with Gasteiger partial charge >= 0.3 is 0 Å². The van der Waals surface area contributed by atoms with Crippen molar-refractivity contribution in [2.45, 2.75) is 51.6 Å². The van der Waals surface area contributed by atoms with Crippen LogP contribution in [0.4, 0.5) is 0 Å². The molecule has 3 unspecified atom stereocenters. The molecule has 0 bridgehead atoms. The highest BCUT2D eigenvalue weighted by molar-refractivity contribution is 9.11. The molecule has 1 saturated carbocycles. The first-order chi connectivity index (χ1) is 10.1. The highest BCUT2D eigenvalue weighted by atomic mass is 79.9. The predicted octanol–water partition coefficient (Wildman–Crippen LogP) is 4.75. The zero-order valence-electron chi connectivity index (χ0n) is 13.6.